The lowest BCUT2D eigenvalue weighted by molar-refractivity contribution is -0.137. The third-order valence-electron chi connectivity index (χ3n) is 3.23. The Morgan fingerprint density at radius 1 is 1.37 bits per heavy atom. The quantitative estimate of drug-likeness (QED) is 0.933. The van der Waals surface area contributed by atoms with Crippen molar-refractivity contribution < 1.29 is 14.7 Å². The van der Waals surface area contributed by atoms with Crippen LogP contribution in [0.3, 0.4) is 0 Å². The number of carbonyl (C=O) groups excluding carboxylic acids is 1. The van der Waals surface area contributed by atoms with Crippen molar-refractivity contribution in [2.45, 2.75) is 25.3 Å². The van der Waals surface area contributed by atoms with E-state index in [0.29, 0.717) is 23.6 Å². The fourth-order valence-corrected chi connectivity index (χ4v) is 2.72. The van der Waals surface area contributed by atoms with Crippen molar-refractivity contribution >= 4 is 35.1 Å². The van der Waals surface area contributed by atoms with Crippen molar-refractivity contribution in [2.75, 3.05) is 6.54 Å². The summed E-state index contributed by atoms with van der Waals surface area (Å²) in [6, 6.07) is 4.61. The van der Waals surface area contributed by atoms with E-state index in [0.717, 1.165) is 6.42 Å². The minimum Gasteiger partial charge on any atom is -0.481 e. The van der Waals surface area contributed by atoms with E-state index in [4.69, 9.17) is 28.3 Å². The molecule has 6 heteroatoms. The maximum Gasteiger partial charge on any atom is 0.305 e. The van der Waals surface area contributed by atoms with Gasteiger partial charge in [-0.15, -0.1) is 0 Å². The van der Waals surface area contributed by atoms with Gasteiger partial charge in [0.1, 0.15) is 0 Å². The molecule has 1 aromatic carbocycles. The lowest BCUT2D eigenvalue weighted by Gasteiger charge is -2.24. The van der Waals surface area contributed by atoms with Gasteiger partial charge >= 0.3 is 5.97 Å². The van der Waals surface area contributed by atoms with E-state index in [-0.39, 0.29) is 23.4 Å². The number of halogens is 2. The summed E-state index contributed by atoms with van der Waals surface area (Å²) in [5.74, 6) is -1.15. The van der Waals surface area contributed by atoms with Gasteiger partial charge in [-0.3, -0.25) is 9.59 Å². The molecule has 0 spiro atoms. The summed E-state index contributed by atoms with van der Waals surface area (Å²) in [7, 11) is 0. The second-order valence-corrected chi connectivity index (χ2v) is 5.28. The molecule has 1 aliphatic heterocycles. The summed E-state index contributed by atoms with van der Waals surface area (Å²) < 4.78 is 0. The summed E-state index contributed by atoms with van der Waals surface area (Å²) in [6.45, 7) is 0.555. The topological polar surface area (TPSA) is 57.6 Å². The molecular weight excluding hydrogens is 289 g/mol. The average molecular weight is 302 g/mol. The van der Waals surface area contributed by atoms with Gasteiger partial charge in [-0.25, -0.2) is 0 Å². The largest absolute Gasteiger partial charge is 0.481 e. The minimum absolute atomic E-state index is 0.0378. The maximum atomic E-state index is 12.4. The molecule has 0 aliphatic carbocycles. The zero-order valence-electron chi connectivity index (χ0n) is 10.1. The molecular formula is C13H13Cl2NO3. The number of aliphatic carboxylic acids is 1. The van der Waals surface area contributed by atoms with Crippen LogP contribution in [-0.4, -0.2) is 34.5 Å². The molecule has 2 rings (SSSR count). The molecule has 1 fully saturated rings. The highest BCUT2D eigenvalue weighted by molar-refractivity contribution is 6.43. The Labute approximate surface area is 120 Å². The molecule has 1 saturated heterocycles. The van der Waals surface area contributed by atoms with Crippen molar-refractivity contribution in [3.63, 3.8) is 0 Å². The van der Waals surface area contributed by atoms with Crippen molar-refractivity contribution in [1.82, 2.24) is 4.90 Å². The number of likely N-dealkylation sites (tertiary alicyclic amines) is 1. The molecule has 102 valence electrons. The molecule has 1 unspecified atom stereocenters. The molecule has 4 nitrogen and oxygen atoms in total. The Bertz CT molecular complexity index is 519. The first kappa shape index (κ1) is 14.2. The van der Waals surface area contributed by atoms with Gasteiger partial charge in [0.2, 0.25) is 0 Å². The Balaban J connectivity index is 2.23. The summed E-state index contributed by atoms with van der Waals surface area (Å²) in [6.07, 6.45) is 1.47. The van der Waals surface area contributed by atoms with E-state index in [1.165, 1.54) is 0 Å². The lowest BCUT2D eigenvalue weighted by atomic mass is 10.1. The monoisotopic (exact) mass is 301 g/mol. The first-order valence-electron chi connectivity index (χ1n) is 5.97. The number of carbonyl (C=O) groups is 2. The predicted molar refractivity (Wildman–Crippen MR) is 72.8 cm³/mol. The van der Waals surface area contributed by atoms with E-state index >= 15 is 0 Å². The molecule has 1 heterocycles. The molecule has 0 saturated carbocycles. The van der Waals surface area contributed by atoms with Crippen molar-refractivity contribution in [1.29, 1.82) is 0 Å². The van der Waals surface area contributed by atoms with Crippen molar-refractivity contribution in [2.24, 2.45) is 0 Å². The zero-order chi connectivity index (χ0) is 14.0. The number of amides is 1. The molecule has 0 radical (unpaired) electrons. The second-order valence-electron chi connectivity index (χ2n) is 4.49. The number of nitrogens with zero attached hydrogens (tertiary/aromatic N) is 1. The zero-order valence-corrected chi connectivity index (χ0v) is 11.6. The van der Waals surface area contributed by atoms with Gasteiger partial charge < -0.3 is 10.0 Å². The normalized spacial score (nSPS) is 18.6. The summed E-state index contributed by atoms with van der Waals surface area (Å²) in [4.78, 5) is 24.8. The first-order chi connectivity index (χ1) is 9.00. The standard InChI is InChI=1S/C13H13Cl2NO3/c14-10-5-1-4-9(12(10)15)13(19)16-6-2-3-8(16)7-11(17)18/h1,4-5,8H,2-3,6-7H2,(H,17,18). The molecule has 0 bridgehead atoms. The number of carboxylic acid groups (broad SMARTS) is 1. The van der Waals surface area contributed by atoms with Gasteiger partial charge in [-0.1, -0.05) is 29.3 Å². The smallest absolute Gasteiger partial charge is 0.305 e. The Morgan fingerprint density at radius 3 is 2.79 bits per heavy atom. The Hall–Kier alpha value is -1.26. The van der Waals surface area contributed by atoms with Crippen LogP contribution in [0, 0.1) is 0 Å². The third-order valence-corrected chi connectivity index (χ3v) is 4.05. The number of hydrogen-bond donors (Lipinski definition) is 1. The van der Waals surface area contributed by atoms with Crippen LogP contribution >= 0.6 is 23.2 Å². The fourth-order valence-electron chi connectivity index (χ4n) is 2.34. The number of benzene rings is 1. The Morgan fingerprint density at radius 2 is 2.11 bits per heavy atom. The van der Waals surface area contributed by atoms with Crippen molar-refractivity contribution in [3.05, 3.63) is 33.8 Å². The minimum atomic E-state index is -0.901. The van der Waals surface area contributed by atoms with Gasteiger partial charge in [0.15, 0.2) is 0 Å². The highest BCUT2D eigenvalue weighted by Gasteiger charge is 2.31. The summed E-state index contributed by atoms with van der Waals surface area (Å²) in [5, 5.41) is 9.40. The van der Waals surface area contributed by atoms with Crippen LogP contribution in [0.25, 0.3) is 0 Å². The van der Waals surface area contributed by atoms with Crippen LogP contribution in [-0.2, 0) is 4.79 Å². The Kier molecular flexibility index (Phi) is 4.32. The van der Waals surface area contributed by atoms with E-state index in [1.54, 1.807) is 23.1 Å². The summed E-state index contributed by atoms with van der Waals surface area (Å²) >= 11 is 11.9. The van der Waals surface area contributed by atoms with E-state index in [2.05, 4.69) is 0 Å². The van der Waals surface area contributed by atoms with Crippen LogP contribution in [0.5, 0.6) is 0 Å². The SMILES string of the molecule is O=C(O)CC1CCCN1C(=O)c1cccc(Cl)c1Cl. The van der Waals surface area contributed by atoms with E-state index in [9.17, 15) is 9.59 Å². The van der Waals surface area contributed by atoms with Gasteiger partial charge in [-0.05, 0) is 25.0 Å². The van der Waals surface area contributed by atoms with E-state index in [1.807, 2.05) is 0 Å². The van der Waals surface area contributed by atoms with Crippen LogP contribution in [0.2, 0.25) is 10.0 Å². The van der Waals surface area contributed by atoms with Crippen LogP contribution in [0.4, 0.5) is 0 Å². The predicted octanol–water partition coefficient (Wildman–Crippen LogP) is 3.07. The number of hydrogen-bond acceptors (Lipinski definition) is 2. The van der Waals surface area contributed by atoms with Gasteiger partial charge in [0.25, 0.3) is 5.91 Å². The molecule has 1 N–H and O–H groups in total. The highest BCUT2D eigenvalue weighted by atomic mass is 35.5. The van der Waals surface area contributed by atoms with Gasteiger partial charge in [-0.2, -0.15) is 0 Å². The molecule has 19 heavy (non-hydrogen) atoms. The molecule has 1 aliphatic rings. The highest BCUT2D eigenvalue weighted by Crippen LogP contribution is 2.29. The third kappa shape index (κ3) is 3.01. The second kappa shape index (κ2) is 5.80. The van der Waals surface area contributed by atoms with Gasteiger partial charge in [0, 0.05) is 12.6 Å². The van der Waals surface area contributed by atoms with E-state index < -0.39 is 5.97 Å². The van der Waals surface area contributed by atoms with Crippen LogP contribution in [0.1, 0.15) is 29.6 Å². The lowest BCUT2D eigenvalue weighted by Crippen LogP contribution is -2.37. The van der Waals surface area contributed by atoms with Crippen LogP contribution < -0.4 is 0 Å². The molecule has 1 aromatic rings. The van der Waals surface area contributed by atoms with Crippen molar-refractivity contribution in [3.8, 4) is 0 Å². The number of carboxylic acids is 1. The molecule has 1 atom stereocenters. The summed E-state index contributed by atoms with van der Waals surface area (Å²) in [5.41, 5.74) is 0.325. The number of rotatable bonds is 3. The van der Waals surface area contributed by atoms with Gasteiger partial charge in [0.05, 0.1) is 22.0 Å². The molecule has 1 amide bonds. The fraction of sp³-hybridized carbons (Fsp3) is 0.385. The first-order valence-corrected chi connectivity index (χ1v) is 6.73. The maximum absolute atomic E-state index is 12.4. The van der Waals surface area contributed by atoms with Crippen LogP contribution in [0.15, 0.2) is 18.2 Å². The molecule has 0 aromatic heterocycles. The average Bonchev–Trinajstić information content (AvgIpc) is 2.79.